The minimum Gasteiger partial charge on any atom is -0.299 e. The Hall–Kier alpha value is -0.820. The fourth-order valence-corrected chi connectivity index (χ4v) is 1.34. The molecule has 0 aliphatic carbocycles. The number of hydrogen-bond acceptors (Lipinski definition) is 1. The smallest absolute Gasteiger partial charge is 0.137 e. The Labute approximate surface area is 77.4 Å². The van der Waals surface area contributed by atoms with E-state index in [1.54, 1.807) is 13.0 Å². The van der Waals surface area contributed by atoms with Crippen molar-refractivity contribution < 1.29 is 4.79 Å². The first kappa shape index (κ1) is 9.27. The van der Waals surface area contributed by atoms with Crippen molar-refractivity contribution in [1.29, 1.82) is 0 Å². The van der Waals surface area contributed by atoms with E-state index in [1.807, 2.05) is 25.1 Å². The van der Waals surface area contributed by atoms with E-state index >= 15 is 0 Å². The van der Waals surface area contributed by atoms with Crippen LogP contribution in [0.1, 0.15) is 25.3 Å². The predicted molar refractivity (Wildman–Crippen MR) is 50.5 cm³/mol. The molecule has 0 spiro atoms. The van der Waals surface area contributed by atoms with Crippen LogP contribution >= 0.6 is 11.6 Å². The van der Waals surface area contributed by atoms with E-state index in [4.69, 9.17) is 11.6 Å². The van der Waals surface area contributed by atoms with Gasteiger partial charge in [0.1, 0.15) is 5.78 Å². The summed E-state index contributed by atoms with van der Waals surface area (Å²) in [6.07, 6.45) is 0. The fraction of sp³-hybridized carbons (Fsp3) is 0.300. The van der Waals surface area contributed by atoms with E-state index in [-0.39, 0.29) is 11.7 Å². The number of halogens is 1. The molecular formula is C10H11ClO. The largest absolute Gasteiger partial charge is 0.299 e. The number of hydrogen-bond donors (Lipinski definition) is 0. The van der Waals surface area contributed by atoms with Gasteiger partial charge < -0.3 is 0 Å². The van der Waals surface area contributed by atoms with Gasteiger partial charge in [-0.2, -0.15) is 0 Å². The molecule has 0 aromatic heterocycles. The van der Waals surface area contributed by atoms with Crippen LogP contribution < -0.4 is 0 Å². The molecule has 12 heavy (non-hydrogen) atoms. The van der Waals surface area contributed by atoms with Crippen LogP contribution in [-0.2, 0) is 4.79 Å². The molecule has 0 fully saturated rings. The molecule has 0 bridgehead atoms. The molecule has 2 heteroatoms. The second-order valence-corrected chi connectivity index (χ2v) is 3.26. The van der Waals surface area contributed by atoms with Crippen molar-refractivity contribution >= 4 is 17.4 Å². The lowest BCUT2D eigenvalue weighted by Crippen LogP contribution is -2.04. The topological polar surface area (TPSA) is 17.1 Å². The highest BCUT2D eigenvalue weighted by Gasteiger charge is 2.12. The Bertz CT molecular complexity index is 294. The van der Waals surface area contributed by atoms with Crippen LogP contribution in [0.5, 0.6) is 0 Å². The van der Waals surface area contributed by atoms with E-state index in [2.05, 4.69) is 0 Å². The highest BCUT2D eigenvalue weighted by molar-refractivity contribution is 6.31. The molecule has 1 aromatic rings. The van der Waals surface area contributed by atoms with Crippen LogP contribution in [0, 0.1) is 0 Å². The molecule has 0 amide bonds. The quantitative estimate of drug-likeness (QED) is 0.687. The van der Waals surface area contributed by atoms with Gasteiger partial charge in [-0.05, 0) is 18.6 Å². The number of Topliss-reactive ketones (excluding diaryl/α,β-unsaturated/α-hetero) is 1. The van der Waals surface area contributed by atoms with E-state index in [1.165, 1.54) is 0 Å². The number of benzene rings is 1. The van der Waals surface area contributed by atoms with Gasteiger partial charge >= 0.3 is 0 Å². The molecule has 0 heterocycles. The molecule has 1 atom stereocenters. The van der Waals surface area contributed by atoms with Crippen LogP contribution in [0.4, 0.5) is 0 Å². The number of rotatable bonds is 2. The van der Waals surface area contributed by atoms with Crippen molar-refractivity contribution in [3.05, 3.63) is 34.9 Å². The maximum Gasteiger partial charge on any atom is 0.137 e. The molecular weight excluding hydrogens is 172 g/mol. The van der Waals surface area contributed by atoms with Gasteiger partial charge in [-0.3, -0.25) is 4.79 Å². The number of carbonyl (C=O) groups is 1. The zero-order valence-corrected chi connectivity index (χ0v) is 7.93. The summed E-state index contributed by atoms with van der Waals surface area (Å²) in [7, 11) is 0. The zero-order valence-electron chi connectivity index (χ0n) is 7.17. The third-order valence-electron chi connectivity index (χ3n) is 1.98. The Kier molecular flexibility index (Phi) is 2.88. The third kappa shape index (κ3) is 1.86. The minimum atomic E-state index is -0.0984. The third-order valence-corrected chi connectivity index (χ3v) is 2.33. The van der Waals surface area contributed by atoms with Gasteiger partial charge in [0.15, 0.2) is 0 Å². The van der Waals surface area contributed by atoms with Crippen LogP contribution in [-0.4, -0.2) is 5.78 Å². The molecule has 64 valence electrons. The summed E-state index contributed by atoms with van der Waals surface area (Å²) in [6, 6.07) is 7.43. The van der Waals surface area contributed by atoms with E-state index in [0.29, 0.717) is 5.02 Å². The van der Waals surface area contributed by atoms with Gasteiger partial charge in [-0.1, -0.05) is 36.7 Å². The first-order chi connectivity index (χ1) is 5.63. The van der Waals surface area contributed by atoms with Crippen LogP contribution in [0.2, 0.25) is 5.02 Å². The lowest BCUT2D eigenvalue weighted by Gasteiger charge is -2.08. The van der Waals surface area contributed by atoms with Crippen molar-refractivity contribution in [3.8, 4) is 0 Å². The maximum atomic E-state index is 11.0. The summed E-state index contributed by atoms with van der Waals surface area (Å²) in [5.74, 6) is 0.0433. The second kappa shape index (κ2) is 3.72. The minimum absolute atomic E-state index is 0.0984. The van der Waals surface area contributed by atoms with Gasteiger partial charge in [-0.15, -0.1) is 0 Å². The standard InChI is InChI=1S/C10H11ClO/c1-7(8(2)12)9-5-3-4-6-10(9)11/h3-7H,1-2H3/t7-/m1/s1. The summed E-state index contributed by atoms with van der Waals surface area (Å²) in [5.41, 5.74) is 0.909. The molecule has 0 saturated carbocycles. The van der Waals surface area contributed by atoms with E-state index < -0.39 is 0 Å². The molecule has 1 rings (SSSR count). The van der Waals surface area contributed by atoms with Crippen molar-refractivity contribution in [2.75, 3.05) is 0 Å². The Morgan fingerprint density at radius 2 is 2.00 bits per heavy atom. The van der Waals surface area contributed by atoms with Gasteiger partial charge in [0.25, 0.3) is 0 Å². The maximum absolute atomic E-state index is 11.0. The first-order valence-electron chi connectivity index (χ1n) is 3.88. The van der Waals surface area contributed by atoms with Crippen molar-refractivity contribution in [2.45, 2.75) is 19.8 Å². The molecule has 1 nitrogen and oxygen atoms in total. The number of carbonyl (C=O) groups excluding carboxylic acids is 1. The summed E-state index contributed by atoms with van der Waals surface area (Å²) < 4.78 is 0. The first-order valence-corrected chi connectivity index (χ1v) is 4.25. The monoisotopic (exact) mass is 182 g/mol. The van der Waals surface area contributed by atoms with Crippen LogP contribution in [0.3, 0.4) is 0 Å². The normalized spacial score (nSPS) is 12.6. The number of ketones is 1. The average molecular weight is 183 g/mol. The molecule has 0 aliphatic heterocycles. The highest BCUT2D eigenvalue weighted by Crippen LogP contribution is 2.24. The Morgan fingerprint density at radius 1 is 1.42 bits per heavy atom. The van der Waals surface area contributed by atoms with E-state index in [9.17, 15) is 4.79 Å². The molecule has 0 N–H and O–H groups in total. The Balaban J connectivity index is 3.02. The molecule has 0 saturated heterocycles. The van der Waals surface area contributed by atoms with Crippen molar-refractivity contribution in [1.82, 2.24) is 0 Å². The van der Waals surface area contributed by atoms with Gasteiger partial charge in [0.05, 0.1) is 0 Å². The predicted octanol–water partition coefficient (Wildman–Crippen LogP) is 3.03. The summed E-state index contributed by atoms with van der Waals surface area (Å²) >= 11 is 5.91. The molecule has 0 unspecified atom stereocenters. The molecule has 1 aromatic carbocycles. The lowest BCUT2D eigenvalue weighted by molar-refractivity contribution is -0.118. The second-order valence-electron chi connectivity index (χ2n) is 2.85. The SMILES string of the molecule is CC(=O)[C@@H](C)c1ccccc1Cl. The Morgan fingerprint density at radius 3 is 2.50 bits per heavy atom. The average Bonchev–Trinajstić information content (AvgIpc) is 2.04. The summed E-state index contributed by atoms with van der Waals surface area (Å²) in [5, 5.41) is 0.667. The lowest BCUT2D eigenvalue weighted by atomic mass is 9.98. The summed E-state index contributed by atoms with van der Waals surface area (Å²) in [4.78, 5) is 11.0. The van der Waals surface area contributed by atoms with Gasteiger partial charge in [-0.25, -0.2) is 0 Å². The molecule has 0 radical (unpaired) electrons. The van der Waals surface area contributed by atoms with Crippen LogP contribution in [0.15, 0.2) is 24.3 Å². The van der Waals surface area contributed by atoms with Gasteiger partial charge in [0.2, 0.25) is 0 Å². The zero-order chi connectivity index (χ0) is 9.14. The van der Waals surface area contributed by atoms with Gasteiger partial charge in [0, 0.05) is 10.9 Å². The summed E-state index contributed by atoms with van der Waals surface area (Å²) in [6.45, 7) is 3.44. The highest BCUT2D eigenvalue weighted by atomic mass is 35.5. The van der Waals surface area contributed by atoms with Crippen molar-refractivity contribution in [2.24, 2.45) is 0 Å². The van der Waals surface area contributed by atoms with Crippen LogP contribution in [0.25, 0.3) is 0 Å². The fourth-order valence-electron chi connectivity index (χ4n) is 1.05. The van der Waals surface area contributed by atoms with Crippen molar-refractivity contribution in [3.63, 3.8) is 0 Å². The molecule has 0 aliphatic rings. The van der Waals surface area contributed by atoms with E-state index in [0.717, 1.165) is 5.56 Å².